The van der Waals surface area contributed by atoms with E-state index in [0.29, 0.717) is 228 Å². The van der Waals surface area contributed by atoms with Crippen LogP contribution in [0.15, 0.2) is 94.7 Å². The van der Waals surface area contributed by atoms with Gasteiger partial charge in [-0.25, -0.2) is 24.2 Å². The van der Waals surface area contributed by atoms with Crippen LogP contribution in [0.2, 0.25) is 0 Å². The van der Waals surface area contributed by atoms with E-state index in [1.165, 1.54) is 34.4 Å². The first-order valence-corrected chi connectivity index (χ1v) is 49.5. The molecule has 0 unspecified atom stereocenters. The van der Waals surface area contributed by atoms with E-state index in [0.717, 1.165) is 49.0 Å². The molecule has 10 rings (SSSR count). The maximum atomic E-state index is 14.7. The van der Waals surface area contributed by atoms with Gasteiger partial charge in [0.2, 0.25) is 17.6 Å². The first-order chi connectivity index (χ1) is 66.8. The lowest BCUT2D eigenvalue weighted by molar-refractivity contribution is -0.265. The molecule has 6 N–H and O–H groups in total. The first kappa shape index (κ1) is 115. The van der Waals surface area contributed by atoms with Gasteiger partial charge in [0.1, 0.15) is 53.8 Å². The first-order valence-electron chi connectivity index (χ1n) is 49.5. The standard InChI is InChI=1S/C57H92N2O15.C28H30N8O3.C18H37NO7/c1-35-19-15-14-16-20-36(2)46(68-10)33-43-24-22-41(7)57(66,74-43)53(62)54(63)59-26-18-17-21-44(59)55(64)72-48(34-47(69-11)37(3)30-40(6)51(61)52(71-13)50(60)39(5)29-35)38(4)31-42-23-25-45(49(32-42)70-12)73-56(65)58(8)27-28-67-9;1-2-10-38-11-8-23(37)35-9-7-18-12-17(3-4-20(18)15-35)14-36-27-24(26(29)31-16-32-27)25(34-36)19-5-6-22-21(13-19)33-28(30)39-22;1-4-7-22-12-15-26-16-13-23-8-5-18(20)19(2)6-9-24-14-17-25-11-10-21-3/h14-16,19-20,30,35,37-39,41-49,51-52,61,66H,17-18,21-29,31-34H2,1-13H3;3-6,12-13,16H,2,7-11,14-15H2,1H3,(H2,30,33)(H2,29,31,32);4-17H2,1-3H3/b16-14+,19-15+,36-20+,40-30+;;/t35-,37-,38-,39-,41-,42+,43+,44+,45-,46+,47-,48+,49-,51-,52+,57-;;/m1../s1. The van der Waals surface area contributed by atoms with Crippen LogP contribution in [-0.2, 0) is 119 Å². The van der Waals surface area contributed by atoms with Crippen LogP contribution in [0.3, 0.4) is 0 Å². The normalized spacial score (nSPS) is 25.9. The summed E-state index contributed by atoms with van der Waals surface area (Å²) >= 11 is 0. The molecule has 4 amide bonds. The lowest BCUT2D eigenvalue weighted by Crippen LogP contribution is -2.61. The molecule has 1 aliphatic carbocycles. The number of aromatic nitrogens is 5. The van der Waals surface area contributed by atoms with E-state index in [-0.39, 0.29) is 72.8 Å². The highest BCUT2D eigenvalue weighted by Gasteiger charge is 2.53. The maximum absolute atomic E-state index is 14.7. The summed E-state index contributed by atoms with van der Waals surface area (Å²) in [5.41, 5.74) is 20.3. The predicted molar refractivity (Wildman–Crippen MR) is 526 cm³/mol. The van der Waals surface area contributed by atoms with Crippen LogP contribution in [0.5, 0.6) is 0 Å². The third kappa shape index (κ3) is 35.5. The maximum Gasteiger partial charge on any atom is 0.409 e. The van der Waals surface area contributed by atoms with E-state index in [1.54, 1.807) is 68.4 Å². The Morgan fingerprint density at radius 2 is 1.35 bits per heavy atom. The molecule has 0 spiro atoms. The summed E-state index contributed by atoms with van der Waals surface area (Å²) in [7, 11) is 12.8. The number of hydrogen-bond donors (Lipinski definition) is 4. The number of Topliss-reactive ketones (excluding diaryl/α,β-unsaturated/α-hetero) is 2. The molecule has 2 bridgehead atoms. The number of nitrogens with two attached hydrogens (primary N) is 2. The third-order valence-corrected chi connectivity index (χ3v) is 26.5. The van der Waals surface area contributed by atoms with Gasteiger partial charge in [-0.1, -0.05) is 103 Å². The van der Waals surface area contributed by atoms with E-state index in [1.807, 2.05) is 98.9 Å². The molecule has 2 saturated heterocycles. The number of allylic oxidation sites excluding steroid dienone is 5. The van der Waals surface area contributed by atoms with Crippen molar-refractivity contribution in [3.05, 3.63) is 107 Å². The van der Waals surface area contributed by atoms with Crippen LogP contribution in [0.1, 0.15) is 182 Å². The number of aliphatic hydroxyl groups excluding tert-OH is 1. The number of fused-ring (bicyclic) bond motifs is 6. The van der Waals surface area contributed by atoms with E-state index in [9.17, 15) is 43.8 Å². The molecule has 5 aromatic rings. The molecule has 3 aromatic heterocycles. The van der Waals surface area contributed by atoms with Crippen molar-refractivity contribution in [1.82, 2.24) is 44.3 Å². The lowest BCUT2D eigenvalue weighted by atomic mass is 9.78. The van der Waals surface area contributed by atoms with Crippen LogP contribution >= 0.6 is 0 Å². The molecular weight excluding hydrogens is 1790 g/mol. The van der Waals surface area contributed by atoms with Crippen molar-refractivity contribution in [1.29, 1.82) is 0 Å². The number of nitrogen functional groups attached to an aromatic ring is 2. The van der Waals surface area contributed by atoms with E-state index >= 15 is 0 Å². The van der Waals surface area contributed by atoms with Crippen molar-refractivity contribution < 1.29 is 119 Å². The molecule has 2 aromatic carbocycles. The fourth-order valence-corrected chi connectivity index (χ4v) is 18.1. The Hall–Kier alpha value is -9.09. The number of esters is 1. The highest BCUT2D eigenvalue weighted by molar-refractivity contribution is 6.39. The average Bonchev–Trinajstić information content (AvgIpc) is 1.71. The Kier molecular flexibility index (Phi) is 50.0. The molecule has 3 fully saturated rings. The number of methoxy groups -OCH3 is 6. The summed E-state index contributed by atoms with van der Waals surface area (Å²) in [6, 6.07) is 11.0. The van der Waals surface area contributed by atoms with Gasteiger partial charge in [0.25, 0.3) is 17.7 Å². The molecule has 776 valence electrons. The summed E-state index contributed by atoms with van der Waals surface area (Å²) in [4.78, 5) is 114. The zero-order valence-corrected chi connectivity index (χ0v) is 85.3. The van der Waals surface area contributed by atoms with Gasteiger partial charge in [-0.3, -0.25) is 24.0 Å². The third-order valence-electron chi connectivity index (χ3n) is 26.5. The fourth-order valence-electron chi connectivity index (χ4n) is 18.1. The number of rotatable bonds is 39. The molecule has 0 radical (unpaired) electrons. The molecule has 36 nitrogen and oxygen atoms in total. The van der Waals surface area contributed by atoms with Crippen LogP contribution in [0.25, 0.3) is 33.4 Å². The Morgan fingerprint density at radius 3 is 2.04 bits per heavy atom. The van der Waals surface area contributed by atoms with Crippen molar-refractivity contribution in [2.45, 2.75) is 245 Å². The Morgan fingerprint density at radius 1 is 0.669 bits per heavy atom. The number of benzene rings is 2. The molecule has 16 atom stereocenters. The number of ketones is 2. The van der Waals surface area contributed by atoms with Crippen LogP contribution in [0.4, 0.5) is 16.6 Å². The van der Waals surface area contributed by atoms with Gasteiger partial charge in [0.15, 0.2) is 17.0 Å². The highest BCUT2D eigenvalue weighted by atomic mass is 16.6. The van der Waals surface area contributed by atoms with Crippen molar-refractivity contribution >= 4 is 75.3 Å². The number of ether oxygens (including phenoxy) is 15. The average molecular weight is 1950 g/mol. The second-order valence-electron chi connectivity index (χ2n) is 37.1. The predicted octanol–water partition coefficient (Wildman–Crippen LogP) is 11.9. The Labute approximate surface area is 820 Å². The van der Waals surface area contributed by atoms with Gasteiger partial charge in [-0.15, -0.1) is 0 Å². The minimum atomic E-state index is -2.43. The number of carbonyl (C=O) groups is 7. The van der Waals surface area contributed by atoms with E-state index < -0.39 is 90.1 Å². The SMILES string of the molecule is CCCOCCC(=O)N1CCc2cc(Cn3nc(-c4ccc5oc(N)nc5c4)c4c(N)ncnc43)ccc2C1.CCCOCCOCCOCCC(=O)N(C)CCOCCOCCOC.COCCN(C)C(=O)O[C@@H]1CC[C@@H](C[C@@H](C)[C@@H]2C[C@@H](OC)[C@H](C)/C=C(\C)[C@@H](O)[C@@H](OC)C(=O)[C@H](C)C[C@H](C)/C=C/C=C/C=C(\C)[C@@H](OC)C[C@@H]3CC[C@@H](C)[C@@](O)(O3)C(=O)C(=O)N3CCCC[C@H]3C(=O)O2)C[C@H]1OC. The molecule has 4 aliphatic heterocycles. The van der Waals surface area contributed by atoms with Gasteiger partial charge in [0.05, 0.1) is 128 Å². The summed E-state index contributed by atoms with van der Waals surface area (Å²) in [6.45, 7) is 27.8. The number of carbonyl (C=O) groups excluding carboxylic acids is 7. The number of oxazole rings is 1. The largest absolute Gasteiger partial charge is 0.460 e. The lowest BCUT2D eigenvalue weighted by Gasteiger charge is -2.43. The van der Waals surface area contributed by atoms with Crippen molar-refractivity contribution in [3.8, 4) is 11.3 Å². The number of hydrogen-bond acceptors (Lipinski definition) is 31. The van der Waals surface area contributed by atoms with Crippen molar-refractivity contribution in [2.24, 2.45) is 35.5 Å². The topological polar surface area (TPSA) is 433 Å². The monoisotopic (exact) mass is 1950 g/mol. The Bertz CT molecular complexity index is 4730. The van der Waals surface area contributed by atoms with Crippen molar-refractivity contribution in [2.75, 3.05) is 187 Å². The molecule has 7 heterocycles. The second kappa shape index (κ2) is 60.4. The number of likely N-dealkylation sites (N-methyl/N-ethyl adjacent to an activating group) is 2. The molecular formula is C103H159N11O25. The van der Waals surface area contributed by atoms with Gasteiger partial charge in [-0.2, -0.15) is 10.1 Å². The summed E-state index contributed by atoms with van der Waals surface area (Å²) in [5, 5.41) is 29.3. The highest BCUT2D eigenvalue weighted by Crippen LogP contribution is 2.40. The minimum Gasteiger partial charge on any atom is -0.460 e. The molecule has 5 aliphatic rings. The van der Waals surface area contributed by atoms with Crippen LogP contribution < -0.4 is 11.5 Å². The quantitative estimate of drug-likeness (QED) is 0.0123. The zero-order valence-electron chi connectivity index (χ0n) is 85.3. The zero-order chi connectivity index (χ0) is 101. The van der Waals surface area contributed by atoms with Gasteiger partial charge in [0, 0.05) is 139 Å². The summed E-state index contributed by atoms with van der Waals surface area (Å²) in [6.07, 6.45) is 16.5. The number of cyclic esters (lactones) is 1. The van der Waals surface area contributed by atoms with Gasteiger partial charge in [-0.05, 0) is 161 Å². The van der Waals surface area contributed by atoms with E-state index in [4.69, 9.17) is 92.0 Å². The van der Waals surface area contributed by atoms with Gasteiger partial charge >= 0.3 is 12.1 Å². The minimum absolute atomic E-state index is 0.0318. The number of piperidine rings is 1. The van der Waals surface area contributed by atoms with E-state index in [2.05, 4.69) is 47.0 Å². The van der Waals surface area contributed by atoms with Crippen molar-refractivity contribution in [3.63, 3.8) is 0 Å². The number of aliphatic hydroxyl groups is 2. The molecule has 139 heavy (non-hydrogen) atoms. The number of anilines is 2. The number of amides is 4. The smallest absolute Gasteiger partial charge is 0.409 e. The molecule has 1 saturated carbocycles. The van der Waals surface area contributed by atoms with Gasteiger partial charge < -0.3 is 117 Å². The van der Waals surface area contributed by atoms with Crippen LogP contribution in [0, 0.1) is 35.5 Å². The van der Waals surface area contributed by atoms with Crippen LogP contribution in [-0.4, -0.2) is 332 Å². The fraction of sp³-hybridized carbons (Fsp3) is 0.680. The Balaban J connectivity index is 0.000000299. The summed E-state index contributed by atoms with van der Waals surface area (Å²) in [5.74, 6) is -6.47. The number of nitrogens with zero attached hydrogens (tertiary/aromatic N) is 9. The second-order valence-corrected chi connectivity index (χ2v) is 37.1. The molecule has 36 heteroatoms. The summed E-state index contributed by atoms with van der Waals surface area (Å²) < 4.78 is 91.7.